The van der Waals surface area contributed by atoms with E-state index in [1.807, 2.05) is 4.90 Å². The summed E-state index contributed by atoms with van der Waals surface area (Å²) in [5, 5.41) is 13.9. The predicted molar refractivity (Wildman–Crippen MR) is 88.0 cm³/mol. The molecule has 2 fully saturated rings. The molecule has 0 spiro atoms. The SMILES string of the molecule is O=C(O)CN(CC1CC1)C1CC(NC(=O)Nc2ncc(C(F)(F)F)s2)C1. The van der Waals surface area contributed by atoms with Crippen molar-refractivity contribution in [2.24, 2.45) is 5.92 Å². The summed E-state index contributed by atoms with van der Waals surface area (Å²) in [5.74, 6) is -0.304. The summed E-state index contributed by atoms with van der Waals surface area (Å²) in [6.45, 7) is 0.745. The number of nitrogens with one attached hydrogen (secondary N) is 2. The van der Waals surface area contributed by atoms with Gasteiger partial charge < -0.3 is 10.4 Å². The summed E-state index contributed by atoms with van der Waals surface area (Å²) >= 11 is 0.365. The minimum absolute atomic E-state index is 0.0145. The van der Waals surface area contributed by atoms with E-state index >= 15 is 0 Å². The molecule has 1 aromatic rings. The van der Waals surface area contributed by atoms with Gasteiger partial charge in [-0.25, -0.2) is 9.78 Å². The molecule has 0 unspecified atom stereocenters. The number of carboxylic acids is 1. The number of aliphatic carboxylic acids is 1. The molecule has 1 aromatic heterocycles. The van der Waals surface area contributed by atoms with Crippen LogP contribution in [0.25, 0.3) is 0 Å². The van der Waals surface area contributed by atoms with E-state index in [-0.39, 0.29) is 23.8 Å². The Morgan fingerprint density at radius 2 is 2.04 bits per heavy atom. The normalized spacial score (nSPS) is 22.8. The average Bonchev–Trinajstić information content (AvgIpc) is 3.15. The van der Waals surface area contributed by atoms with E-state index in [1.165, 1.54) is 0 Å². The number of anilines is 1. The second-order valence-corrected chi connectivity index (χ2v) is 7.75. The second-order valence-electron chi connectivity index (χ2n) is 6.71. The van der Waals surface area contributed by atoms with Crippen LogP contribution in [-0.2, 0) is 11.0 Å². The molecule has 26 heavy (non-hydrogen) atoms. The van der Waals surface area contributed by atoms with Gasteiger partial charge in [0.05, 0.1) is 12.7 Å². The molecule has 0 atom stereocenters. The van der Waals surface area contributed by atoms with E-state index in [2.05, 4.69) is 15.6 Å². The summed E-state index contributed by atoms with van der Waals surface area (Å²) < 4.78 is 37.5. The molecular formula is C15H19F3N4O3S. The van der Waals surface area contributed by atoms with Gasteiger partial charge in [-0.2, -0.15) is 13.2 Å². The highest BCUT2D eigenvalue weighted by Crippen LogP contribution is 2.35. The van der Waals surface area contributed by atoms with Crippen LogP contribution in [0.4, 0.5) is 23.1 Å². The molecule has 2 aliphatic rings. The number of alkyl halides is 3. The fourth-order valence-electron chi connectivity index (χ4n) is 2.93. The van der Waals surface area contributed by atoms with Crippen LogP contribution in [0.3, 0.4) is 0 Å². The van der Waals surface area contributed by atoms with E-state index < -0.39 is 23.1 Å². The molecule has 0 radical (unpaired) electrons. The van der Waals surface area contributed by atoms with Crippen molar-refractivity contribution in [3.8, 4) is 0 Å². The topological polar surface area (TPSA) is 94.6 Å². The number of aromatic nitrogens is 1. The first kappa shape index (κ1) is 18.9. The molecule has 7 nitrogen and oxygen atoms in total. The van der Waals surface area contributed by atoms with Gasteiger partial charge in [0.25, 0.3) is 0 Å². The van der Waals surface area contributed by atoms with Crippen molar-refractivity contribution in [1.82, 2.24) is 15.2 Å². The van der Waals surface area contributed by atoms with Crippen LogP contribution in [0.2, 0.25) is 0 Å². The number of rotatable bonds is 7. The van der Waals surface area contributed by atoms with Crippen molar-refractivity contribution < 1.29 is 27.9 Å². The van der Waals surface area contributed by atoms with Crippen molar-refractivity contribution in [3.05, 3.63) is 11.1 Å². The molecule has 2 saturated carbocycles. The van der Waals surface area contributed by atoms with Gasteiger partial charge in [-0.05, 0) is 31.6 Å². The smallest absolute Gasteiger partial charge is 0.427 e. The molecule has 3 rings (SSSR count). The molecule has 2 amide bonds. The fourth-order valence-corrected chi connectivity index (χ4v) is 3.61. The van der Waals surface area contributed by atoms with E-state index in [4.69, 9.17) is 5.11 Å². The second kappa shape index (κ2) is 7.39. The van der Waals surface area contributed by atoms with Gasteiger partial charge in [0.15, 0.2) is 5.13 Å². The monoisotopic (exact) mass is 392 g/mol. The van der Waals surface area contributed by atoms with Crippen LogP contribution in [0.5, 0.6) is 0 Å². The van der Waals surface area contributed by atoms with Crippen molar-refractivity contribution >= 4 is 28.5 Å². The first-order valence-corrected chi connectivity index (χ1v) is 9.08. The zero-order chi connectivity index (χ0) is 18.9. The average molecular weight is 392 g/mol. The van der Waals surface area contributed by atoms with E-state index in [1.54, 1.807) is 0 Å². The third kappa shape index (κ3) is 5.07. The highest BCUT2D eigenvalue weighted by atomic mass is 32.1. The van der Waals surface area contributed by atoms with Crippen LogP contribution in [0.1, 0.15) is 30.6 Å². The molecule has 11 heteroatoms. The molecule has 3 N–H and O–H groups in total. The van der Waals surface area contributed by atoms with Crippen molar-refractivity contribution in [3.63, 3.8) is 0 Å². The van der Waals surface area contributed by atoms with Crippen LogP contribution in [0, 0.1) is 5.92 Å². The van der Waals surface area contributed by atoms with E-state index in [9.17, 15) is 22.8 Å². The molecular weight excluding hydrogens is 373 g/mol. The Labute approximate surface area is 151 Å². The number of hydrogen-bond acceptors (Lipinski definition) is 5. The minimum Gasteiger partial charge on any atom is -0.480 e. The molecule has 144 valence electrons. The maximum atomic E-state index is 12.5. The first-order valence-electron chi connectivity index (χ1n) is 8.27. The third-order valence-corrected chi connectivity index (χ3v) is 5.46. The summed E-state index contributed by atoms with van der Waals surface area (Å²) in [6, 6.07) is -0.630. The molecule has 0 bridgehead atoms. The largest absolute Gasteiger partial charge is 0.480 e. The molecule has 0 aromatic carbocycles. The zero-order valence-corrected chi connectivity index (χ0v) is 14.6. The molecule has 0 saturated heterocycles. The summed E-state index contributed by atoms with van der Waals surface area (Å²) in [5.41, 5.74) is 0. The van der Waals surface area contributed by atoms with E-state index in [0.717, 1.165) is 19.4 Å². The van der Waals surface area contributed by atoms with Gasteiger partial charge in [-0.1, -0.05) is 11.3 Å². The van der Waals surface area contributed by atoms with Crippen molar-refractivity contribution in [2.45, 2.75) is 43.9 Å². The maximum absolute atomic E-state index is 12.5. The van der Waals surface area contributed by atoms with Crippen molar-refractivity contribution in [1.29, 1.82) is 0 Å². The third-order valence-electron chi connectivity index (χ3n) is 4.50. The number of carbonyl (C=O) groups excluding carboxylic acids is 1. The zero-order valence-electron chi connectivity index (χ0n) is 13.8. The Morgan fingerprint density at radius 1 is 1.35 bits per heavy atom. The number of amides is 2. The van der Waals surface area contributed by atoms with Gasteiger partial charge in [0, 0.05) is 18.6 Å². The Balaban J connectivity index is 1.43. The molecule has 0 aliphatic heterocycles. The number of carboxylic acid groups (broad SMARTS) is 1. The Hall–Kier alpha value is -1.88. The molecule has 2 aliphatic carbocycles. The fraction of sp³-hybridized carbons (Fsp3) is 0.667. The van der Waals surface area contributed by atoms with E-state index in [0.29, 0.717) is 36.3 Å². The van der Waals surface area contributed by atoms with Crippen LogP contribution >= 0.6 is 11.3 Å². The number of nitrogens with zero attached hydrogens (tertiary/aromatic N) is 2. The Bertz CT molecular complexity index is 671. The number of halogens is 3. The van der Waals surface area contributed by atoms with Crippen LogP contribution in [-0.4, -0.2) is 52.2 Å². The first-order chi connectivity index (χ1) is 12.2. The lowest BCUT2D eigenvalue weighted by atomic mass is 9.85. The Morgan fingerprint density at radius 3 is 2.58 bits per heavy atom. The van der Waals surface area contributed by atoms with Gasteiger partial charge in [0.1, 0.15) is 4.88 Å². The minimum atomic E-state index is -4.48. The summed E-state index contributed by atoms with van der Waals surface area (Å²) in [4.78, 5) is 27.5. The summed E-state index contributed by atoms with van der Waals surface area (Å²) in [6.07, 6.45) is -0.300. The maximum Gasteiger partial charge on any atom is 0.427 e. The number of urea groups is 1. The lowest BCUT2D eigenvalue weighted by Gasteiger charge is -2.42. The number of thiazole rings is 1. The predicted octanol–water partition coefficient (Wildman–Crippen LogP) is 2.61. The standard InChI is InChI=1S/C15H19F3N4O3S/c16-15(17,18)11-5-19-14(26-11)21-13(25)20-9-3-10(4-9)22(7-12(23)24)6-8-1-2-8/h5,8-10H,1-4,6-7H2,(H,23,24)(H2,19,20,21,25). The lowest BCUT2D eigenvalue weighted by molar-refractivity contribution is -0.139. The van der Waals surface area contributed by atoms with Crippen LogP contribution in [0.15, 0.2) is 6.20 Å². The van der Waals surface area contributed by atoms with Gasteiger partial charge >= 0.3 is 18.2 Å². The highest BCUT2D eigenvalue weighted by Gasteiger charge is 2.38. The quantitative estimate of drug-likeness (QED) is 0.663. The van der Waals surface area contributed by atoms with Gasteiger partial charge in [0.2, 0.25) is 0 Å². The van der Waals surface area contributed by atoms with Gasteiger partial charge in [-0.15, -0.1) is 0 Å². The summed E-state index contributed by atoms with van der Waals surface area (Å²) in [7, 11) is 0. The highest BCUT2D eigenvalue weighted by molar-refractivity contribution is 7.15. The number of carbonyl (C=O) groups is 2. The van der Waals surface area contributed by atoms with Crippen LogP contribution < -0.4 is 10.6 Å². The van der Waals surface area contributed by atoms with Crippen molar-refractivity contribution in [2.75, 3.05) is 18.4 Å². The Kier molecular flexibility index (Phi) is 5.37. The number of hydrogen-bond donors (Lipinski definition) is 3. The van der Waals surface area contributed by atoms with Gasteiger partial charge in [-0.3, -0.25) is 15.0 Å². The molecule has 1 heterocycles. The lowest BCUT2D eigenvalue weighted by Crippen LogP contribution is -2.55.